The van der Waals surface area contributed by atoms with Crippen LogP contribution >= 0.6 is 11.6 Å². The molecule has 0 saturated carbocycles. The predicted octanol–water partition coefficient (Wildman–Crippen LogP) is 4.91. The van der Waals surface area contributed by atoms with Gasteiger partial charge in [0.05, 0.1) is 5.56 Å². The number of benzene rings is 3. The Kier molecular flexibility index (Phi) is 7.68. The van der Waals surface area contributed by atoms with E-state index in [1.807, 2.05) is 72.8 Å². The Hall–Kier alpha value is -2.82. The number of nitrogens with two attached hydrogens (primary N) is 1. The summed E-state index contributed by atoms with van der Waals surface area (Å²) in [5, 5.41) is 0.645. The molecule has 0 heterocycles. The van der Waals surface area contributed by atoms with Crippen LogP contribution in [0.4, 0.5) is 0 Å². The van der Waals surface area contributed by atoms with Crippen LogP contribution in [0, 0.1) is 0 Å². The lowest BCUT2D eigenvalue weighted by atomic mass is 10.1. The number of carbonyl (C=O) groups excluding carboxylic acids is 1. The lowest BCUT2D eigenvalue weighted by Gasteiger charge is -2.24. The summed E-state index contributed by atoms with van der Waals surface area (Å²) in [6, 6.07) is 24.8. The van der Waals surface area contributed by atoms with Crippen LogP contribution in [-0.2, 0) is 13.2 Å². The van der Waals surface area contributed by atoms with Crippen molar-refractivity contribution in [3.63, 3.8) is 0 Å². The number of halogens is 1. The third-order valence-electron chi connectivity index (χ3n) is 4.59. The van der Waals surface area contributed by atoms with Crippen LogP contribution in [0.2, 0.25) is 5.02 Å². The van der Waals surface area contributed by atoms with Gasteiger partial charge in [0.2, 0.25) is 0 Å². The van der Waals surface area contributed by atoms with Crippen molar-refractivity contribution in [3.8, 4) is 5.75 Å². The molecule has 3 aromatic carbocycles. The average Bonchev–Trinajstić information content (AvgIpc) is 2.77. The van der Waals surface area contributed by atoms with E-state index in [-0.39, 0.29) is 5.91 Å². The summed E-state index contributed by atoms with van der Waals surface area (Å²) in [6.07, 6.45) is 0.712. The maximum absolute atomic E-state index is 13.4. The van der Waals surface area contributed by atoms with Gasteiger partial charge in [-0.05, 0) is 42.3 Å². The Bertz CT molecular complexity index is 931. The highest BCUT2D eigenvalue weighted by molar-refractivity contribution is 6.31. The Morgan fingerprint density at radius 2 is 1.62 bits per heavy atom. The molecule has 0 unspecified atom stereocenters. The lowest BCUT2D eigenvalue weighted by molar-refractivity contribution is 0.0737. The fourth-order valence-electron chi connectivity index (χ4n) is 3.04. The van der Waals surface area contributed by atoms with E-state index in [4.69, 9.17) is 22.1 Å². The van der Waals surface area contributed by atoms with E-state index in [0.29, 0.717) is 49.0 Å². The van der Waals surface area contributed by atoms with Crippen LogP contribution < -0.4 is 10.5 Å². The van der Waals surface area contributed by atoms with E-state index >= 15 is 0 Å². The van der Waals surface area contributed by atoms with Crippen molar-refractivity contribution >= 4 is 17.5 Å². The minimum absolute atomic E-state index is 0.0953. The average molecular weight is 409 g/mol. The molecule has 2 N–H and O–H groups in total. The van der Waals surface area contributed by atoms with Crippen molar-refractivity contribution in [2.24, 2.45) is 5.73 Å². The van der Waals surface area contributed by atoms with Gasteiger partial charge in [-0.15, -0.1) is 0 Å². The quantitative estimate of drug-likeness (QED) is 0.547. The summed E-state index contributed by atoms with van der Waals surface area (Å²) in [7, 11) is 0. The summed E-state index contributed by atoms with van der Waals surface area (Å²) in [5.41, 5.74) is 8.18. The summed E-state index contributed by atoms with van der Waals surface area (Å²) in [5.74, 6) is 0.472. The second-order valence-corrected chi connectivity index (χ2v) is 7.14. The second kappa shape index (κ2) is 10.6. The molecule has 0 radical (unpaired) electrons. The minimum Gasteiger partial charge on any atom is -0.488 e. The SMILES string of the molecule is NCCCN(Cc1ccccc1Cl)C(=O)c1ccccc1OCc1ccccc1. The molecule has 0 saturated heterocycles. The molecule has 0 aliphatic heterocycles. The molecule has 29 heavy (non-hydrogen) atoms. The summed E-state index contributed by atoms with van der Waals surface area (Å²) < 4.78 is 5.97. The van der Waals surface area contributed by atoms with Crippen molar-refractivity contribution in [2.45, 2.75) is 19.6 Å². The first-order valence-corrected chi connectivity index (χ1v) is 10.1. The first-order valence-electron chi connectivity index (χ1n) is 9.67. The highest BCUT2D eigenvalue weighted by Crippen LogP contribution is 2.24. The summed E-state index contributed by atoms with van der Waals surface area (Å²) >= 11 is 6.31. The summed E-state index contributed by atoms with van der Waals surface area (Å²) in [4.78, 5) is 15.1. The van der Waals surface area contributed by atoms with E-state index in [9.17, 15) is 4.79 Å². The van der Waals surface area contributed by atoms with Crippen molar-refractivity contribution in [2.75, 3.05) is 13.1 Å². The molecule has 3 rings (SSSR count). The molecule has 0 aromatic heterocycles. The zero-order valence-electron chi connectivity index (χ0n) is 16.3. The fourth-order valence-corrected chi connectivity index (χ4v) is 3.24. The van der Waals surface area contributed by atoms with Crippen LogP contribution in [0.25, 0.3) is 0 Å². The molecule has 0 atom stereocenters. The maximum Gasteiger partial charge on any atom is 0.257 e. The van der Waals surface area contributed by atoms with Gasteiger partial charge in [-0.1, -0.05) is 72.3 Å². The topological polar surface area (TPSA) is 55.6 Å². The van der Waals surface area contributed by atoms with E-state index < -0.39 is 0 Å². The predicted molar refractivity (Wildman–Crippen MR) is 117 cm³/mol. The molecule has 0 aliphatic carbocycles. The van der Waals surface area contributed by atoms with Crippen LogP contribution in [0.5, 0.6) is 5.75 Å². The zero-order chi connectivity index (χ0) is 20.5. The number of rotatable bonds is 9. The number of para-hydroxylation sites is 1. The third kappa shape index (κ3) is 5.83. The van der Waals surface area contributed by atoms with Crippen molar-refractivity contribution in [3.05, 3.63) is 101 Å². The molecule has 1 amide bonds. The molecule has 0 bridgehead atoms. The van der Waals surface area contributed by atoms with E-state index in [1.165, 1.54) is 0 Å². The normalized spacial score (nSPS) is 10.6. The molecular weight excluding hydrogens is 384 g/mol. The molecule has 0 fully saturated rings. The fraction of sp³-hybridized carbons (Fsp3) is 0.208. The standard InChI is InChI=1S/C24H25ClN2O2/c25-22-13-6-4-11-20(22)17-27(16-8-15-26)24(28)21-12-5-7-14-23(21)29-18-19-9-2-1-3-10-19/h1-7,9-14H,8,15-18,26H2. The van der Waals surface area contributed by atoms with Gasteiger partial charge in [-0.3, -0.25) is 4.79 Å². The van der Waals surface area contributed by atoms with Gasteiger partial charge in [0, 0.05) is 18.1 Å². The van der Waals surface area contributed by atoms with Crippen LogP contribution in [0.1, 0.15) is 27.9 Å². The molecule has 0 aliphatic rings. The number of hydrogen-bond donors (Lipinski definition) is 1. The van der Waals surface area contributed by atoms with Gasteiger partial charge in [0.15, 0.2) is 0 Å². The van der Waals surface area contributed by atoms with Gasteiger partial charge in [-0.2, -0.15) is 0 Å². The van der Waals surface area contributed by atoms with Gasteiger partial charge in [0.1, 0.15) is 12.4 Å². The smallest absolute Gasteiger partial charge is 0.257 e. The van der Waals surface area contributed by atoms with Gasteiger partial charge < -0.3 is 15.4 Å². The molecular formula is C24H25ClN2O2. The number of nitrogens with zero attached hydrogens (tertiary/aromatic N) is 1. The number of amides is 1. The van der Waals surface area contributed by atoms with Gasteiger partial charge >= 0.3 is 0 Å². The highest BCUT2D eigenvalue weighted by Gasteiger charge is 2.20. The molecule has 3 aromatic rings. The lowest BCUT2D eigenvalue weighted by Crippen LogP contribution is -2.33. The summed E-state index contributed by atoms with van der Waals surface area (Å²) in [6.45, 7) is 1.88. The Balaban J connectivity index is 1.80. The van der Waals surface area contributed by atoms with Crippen LogP contribution in [0.3, 0.4) is 0 Å². The number of carbonyl (C=O) groups is 1. The highest BCUT2D eigenvalue weighted by atomic mass is 35.5. The Labute approximate surface area is 176 Å². The molecule has 4 nitrogen and oxygen atoms in total. The van der Waals surface area contributed by atoms with Crippen LogP contribution in [0.15, 0.2) is 78.9 Å². The van der Waals surface area contributed by atoms with Gasteiger partial charge in [0.25, 0.3) is 5.91 Å². The van der Waals surface area contributed by atoms with Gasteiger partial charge in [-0.25, -0.2) is 0 Å². The molecule has 0 spiro atoms. The first-order chi connectivity index (χ1) is 14.2. The zero-order valence-corrected chi connectivity index (χ0v) is 17.0. The van der Waals surface area contributed by atoms with Crippen molar-refractivity contribution in [1.29, 1.82) is 0 Å². The Morgan fingerprint density at radius 1 is 0.931 bits per heavy atom. The first kappa shape index (κ1) is 20.9. The van der Waals surface area contributed by atoms with E-state index in [0.717, 1.165) is 11.1 Å². The second-order valence-electron chi connectivity index (χ2n) is 6.73. The van der Waals surface area contributed by atoms with E-state index in [1.54, 1.807) is 11.0 Å². The molecule has 5 heteroatoms. The minimum atomic E-state index is -0.0953. The van der Waals surface area contributed by atoms with Crippen LogP contribution in [-0.4, -0.2) is 23.9 Å². The maximum atomic E-state index is 13.4. The largest absolute Gasteiger partial charge is 0.488 e. The number of ether oxygens (including phenoxy) is 1. The Morgan fingerprint density at radius 3 is 2.38 bits per heavy atom. The number of hydrogen-bond acceptors (Lipinski definition) is 3. The molecule has 150 valence electrons. The van der Waals surface area contributed by atoms with Crippen molar-refractivity contribution < 1.29 is 9.53 Å². The monoisotopic (exact) mass is 408 g/mol. The third-order valence-corrected chi connectivity index (χ3v) is 4.96. The van der Waals surface area contributed by atoms with Crippen molar-refractivity contribution in [1.82, 2.24) is 4.90 Å². The van der Waals surface area contributed by atoms with E-state index in [2.05, 4.69) is 0 Å².